The summed E-state index contributed by atoms with van der Waals surface area (Å²) in [5.41, 5.74) is -0.0136. The number of nitro benzene ring substituents is 1. The Bertz CT molecular complexity index is 355. The number of aliphatic hydroxyl groups is 2. The van der Waals surface area contributed by atoms with Gasteiger partial charge in [0.2, 0.25) is 0 Å². The monoisotopic (exact) mass is 217 g/mol. The Balaban J connectivity index is 3.14. The molecule has 0 spiro atoms. The summed E-state index contributed by atoms with van der Waals surface area (Å²) in [6, 6.07) is 3.69. The lowest BCUT2D eigenvalue weighted by Gasteiger charge is -2.08. The summed E-state index contributed by atoms with van der Waals surface area (Å²) in [6.07, 6.45) is -1.19. The number of rotatable bonds is 3. The summed E-state index contributed by atoms with van der Waals surface area (Å²) in [6.45, 7) is -0.527. The minimum Gasteiger partial charge on any atom is -0.393 e. The molecule has 1 atom stereocenters. The minimum atomic E-state index is -1.19. The predicted molar refractivity (Wildman–Crippen MR) is 50.2 cm³/mol. The molecule has 6 heteroatoms. The van der Waals surface area contributed by atoms with Gasteiger partial charge in [-0.2, -0.15) is 0 Å². The van der Waals surface area contributed by atoms with Gasteiger partial charge in [-0.05, 0) is 6.07 Å². The van der Waals surface area contributed by atoms with Gasteiger partial charge in [0.1, 0.15) is 6.10 Å². The molecule has 0 aliphatic carbocycles. The van der Waals surface area contributed by atoms with Crippen LogP contribution in [0.5, 0.6) is 0 Å². The second-order valence-electron chi connectivity index (χ2n) is 2.66. The van der Waals surface area contributed by atoms with Crippen molar-refractivity contribution < 1.29 is 15.1 Å². The van der Waals surface area contributed by atoms with Gasteiger partial charge in [0.25, 0.3) is 5.69 Å². The molecular formula is C8H8ClNO4. The highest BCUT2D eigenvalue weighted by Gasteiger charge is 2.15. The summed E-state index contributed by atoms with van der Waals surface area (Å²) in [5, 5.41) is 28.5. The van der Waals surface area contributed by atoms with Gasteiger partial charge in [-0.25, -0.2) is 0 Å². The molecule has 0 aromatic heterocycles. The van der Waals surface area contributed by atoms with Crippen molar-refractivity contribution in [1.29, 1.82) is 0 Å². The van der Waals surface area contributed by atoms with E-state index in [-0.39, 0.29) is 16.3 Å². The van der Waals surface area contributed by atoms with Gasteiger partial charge in [0.15, 0.2) is 0 Å². The third kappa shape index (κ3) is 2.20. The molecule has 0 radical (unpaired) electrons. The van der Waals surface area contributed by atoms with Gasteiger partial charge in [0.05, 0.1) is 11.5 Å². The van der Waals surface area contributed by atoms with Gasteiger partial charge in [-0.15, -0.1) is 0 Å². The van der Waals surface area contributed by atoms with Crippen LogP contribution in [0.2, 0.25) is 5.02 Å². The Morgan fingerprint density at radius 3 is 2.71 bits per heavy atom. The first kappa shape index (κ1) is 10.9. The van der Waals surface area contributed by atoms with Crippen LogP contribution in [0.3, 0.4) is 0 Å². The molecule has 0 heterocycles. The molecule has 2 N–H and O–H groups in total. The number of halogens is 1. The molecule has 0 saturated carbocycles. The van der Waals surface area contributed by atoms with E-state index in [1.807, 2.05) is 0 Å². The van der Waals surface area contributed by atoms with Gasteiger partial charge >= 0.3 is 0 Å². The highest BCUT2D eigenvalue weighted by molar-refractivity contribution is 6.31. The fourth-order valence-corrected chi connectivity index (χ4v) is 1.24. The van der Waals surface area contributed by atoms with E-state index in [4.69, 9.17) is 16.7 Å². The van der Waals surface area contributed by atoms with Crippen molar-refractivity contribution >= 4 is 17.3 Å². The molecule has 0 fully saturated rings. The Labute approximate surface area is 84.7 Å². The average Bonchev–Trinajstić information content (AvgIpc) is 2.17. The molecule has 0 aliphatic rings. The summed E-state index contributed by atoms with van der Waals surface area (Å²) in [7, 11) is 0. The van der Waals surface area contributed by atoms with Crippen LogP contribution < -0.4 is 0 Å². The van der Waals surface area contributed by atoms with Crippen LogP contribution in [0.25, 0.3) is 0 Å². The number of nitrogens with zero attached hydrogens (tertiary/aromatic N) is 1. The fraction of sp³-hybridized carbons (Fsp3) is 0.250. The van der Waals surface area contributed by atoms with Crippen LogP contribution in [-0.2, 0) is 0 Å². The maximum Gasteiger partial charge on any atom is 0.269 e. The first-order chi connectivity index (χ1) is 6.56. The van der Waals surface area contributed by atoms with Crippen LogP contribution >= 0.6 is 11.6 Å². The highest BCUT2D eigenvalue weighted by Crippen LogP contribution is 2.26. The molecule has 14 heavy (non-hydrogen) atoms. The number of aliphatic hydroxyl groups excluding tert-OH is 2. The first-order valence-corrected chi connectivity index (χ1v) is 4.17. The molecule has 5 nitrogen and oxygen atoms in total. The Morgan fingerprint density at radius 2 is 2.21 bits per heavy atom. The van der Waals surface area contributed by atoms with E-state index in [2.05, 4.69) is 0 Å². The predicted octanol–water partition coefficient (Wildman–Crippen LogP) is 1.27. The van der Waals surface area contributed by atoms with Crippen LogP contribution in [0.4, 0.5) is 5.69 Å². The van der Waals surface area contributed by atoms with Crippen molar-refractivity contribution in [3.8, 4) is 0 Å². The molecule has 0 amide bonds. The van der Waals surface area contributed by atoms with Gasteiger partial charge < -0.3 is 10.2 Å². The molecule has 0 saturated heterocycles. The zero-order valence-electron chi connectivity index (χ0n) is 7.05. The largest absolute Gasteiger partial charge is 0.393 e. The van der Waals surface area contributed by atoms with Crippen molar-refractivity contribution in [2.75, 3.05) is 6.61 Å². The molecule has 1 unspecified atom stereocenters. The molecule has 76 valence electrons. The van der Waals surface area contributed by atoms with E-state index >= 15 is 0 Å². The minimum absolute atomic E-state index is 0.156. The van der Waals surface area contributed by atoms with Crippen molar-refractivity contribution in [3.63, 3.8) is 0 Å². The van der Waals surface area contributed by atoms with Crippen molar-refractivity contribution in [1.82, 2.24) is 0 Å². The van der Waals surface area contributed by atoms with Crippen molar-refractivity contribution in [3.05, 3.63) is 38.9 Å². The summed E-state index contributed by atoms with van der Waals surface area (Å²) in [5.74, 6) is 0. The van der Waals surface area contributed by atoms with E-state index in [9.17, 15) is 15.2 Å². The number of hydrogen-bond acceptors (Lipinski definition) is 4. The van der Waals surface area contributed by atoms with E-state index < -0.39 is 17.6 Å². The Hall–Kier alpha value is -1.17. The highest BCUT2D eigenvalue weighted by atomic mass is 35.5. The number of benzene rings is 1. The fourth-order valence-electron chi connectivity index (χ4n) is 0.998. The van der Waals surface area contributed by atoms with Crippen LogP contribution in [0, 0.1) is 10.1 Å². The topological polar surface area (TPSA) is 83.6 Å². The Kier molecular flexibility index (Phi) is 3.40. The van der Waals surface area contributed by atoms with Crippen LogP contribution in [0.1, 0.15) is 11.7 Å². The molecule has 0 bridgehead atoms. The van der Waals surface area contributed by atoms with Crippen molar-refractivity contribution in [2.24, 2.45) is 0 Å². The lowest BCUT2D eigenvalue weighted by atomic mass is 10.1. The second kappa shape index (κ2) is 4.36. The van der Waals surface area contributed by atoms with Gasteiger partial charge in [-0.1, -0.05) is 11.6 Å². The molecule has 1 rings (SSSR count). The van der Waals surface area contributed by atoms with Gasteiger partial charge in [0, 0.05) is 22.7 Å². The zero-order chi connectivity index (χ0) is 10.7. The second-order valence-corrected chi connectivity index (χ2v) is 3.07. The SMILES string of the molecule is O=[N+]([O-])c1ccc(Cl)c(C(O)CO)c1. The summed E-state index contributed by atoms with van der Waals surface area (Å²) in [4.78, 5) is 9.80. The maximum absolute atomic E-state index is 10.4. The number of non-ortho nitro benzene ring substituents is 1. The average molecular weight is 218 g/mol. The van der Waals surface area contributed by atoms with Gasteiger partial charge in [-0.3, -0.25) is 10.1 Å². The standard InChI is InChI=1S/C8H8ClNO4/c9-7-2-1-5(10(13)14)3-6(7)8(12)4-11/h1-3,8,11-12H,4H2. The first-order valence-electron chi connectivity index (χ1n) is 3.79. The number of hydrogen-bond donors (Lipinski definition) is 2. The summed E-state index contributed by atoms with van der Waals surface area (Å²) < 4.78 is 0. The zero-order valence-corrected chi connectivity index (χ0v) is 7.81. The third-order valence-electron chi connectivity index (χ3n) is 1.72. The van der Waals surface area contributed by atoms with E-state index in [1.165, 1.54) is 12.1 Å². The Morgan fingerprint density at radius 1 is 1.57 bits per heavy atom. The maximum atomic E-state index is 10.4. The smallest absolute Gasteiger partial charge is 0.269 e. The molecule has 1 aromatic rings. The van der Waals surface area contributed by atoms with E-state index in [0.29, 0.717) is 0 Å². The van der Waals surface area contributed by atoms with E-state index in [0.717, 1.165) is 6.07 Å². The molecular weight excluding hydrogens is 210 g/mol. The lowest BCUT2D eigenvalue weighted by Crippen LogP contribution is -2.03. The van der Waals surface area contributed by atoms with E-state index in [1.54, 1.807) is 0 Å². The quantitative estimate of drug-likeness (QED) is 0.590. The van der Waals surface area contributed by atoms with Crippen LogP contribution in [0.15, 0.2) is 18.2 Å². The molecule has 0 aliphatic heterocycles. The third-order valence-corrected chi connectivity index (χ3v) is 2.07. The lowest BCUT2D eigenvalue weighted by molar-refractivity contribution is -0.385. The van der Waals surface area contributed by atoms with Crippen LogP contribution in [-0.4, -0.2) is 21.7 Å². The summed E-state index contributed by atoms with van der Waals surface area (Å²) >= 11 is 5.68. The molecule has 1 aromatic carbocycles. The normalized spacial score (nSPS) is 12.5. The van der Waals surface area contributed by atoms with Crippen molar-refractivity contribution in [2.45, 2.75) is 6.10 Å². The number of nitro groups is 1.